The van der Waals surface area contributed by atoms with Crippen LogP contribution in [-0.4, -0.2) is 62.0 Å². The molecule has 1 atom stereocenters. The first-order chi connectivity index (χ1) is 16.4. The van der Waals surface area contributed by atoms with Crippen molar-refractivity contribution >= 4 is 48.3 Å². The van der Waals surface area contributed by atoms with E-state index in [1.165, 1.54) is 30.5 Å². The Kier molecular flexibility index (Phi) is 6.97. The number of aromatic nitrogens is 6. The van der Waals surface area contributed by atoms with Crippen molar-refractivity contribution < 1.29 is 9.90 Å². The van der Waals surface area contributed by atoms with Gasteiger partial charge in [0, 0.05) is 37.8 Å². The molecule has 1 unspecified atom stereocenters. The average Bonchev–Trinajstić information content (AvgIpc) is 3.54. The van der Waals surface area contributed by atoms with Gasteiger partial charge in [0.15, 0.2) is 5.65 Å². The van der Waals surface area contributed by atoms with Crippen LogP contribution in [0.2, 0.25) is 0 Å². The molecule has 0 bridgehead atoms. The Labute approximate surface area is 198 Å². The first-order valence-corrected chi connectivity index (χ1v) is 11.2. The van der Waals surface area contributed by atoms with Gasteiger partial charge in [0.2, 0.25) is 6.41 Å². The van der Waals surface area contributed by atoms with Gasteiger partial charge in [0.1, 0.15) is 30.5 Å². The van der Waals surface area contributed by atoms with Crippen molar-refractivity contribution in [2.24, 2.45) is 7.05 Å². The van der Waals surface area contributed by atoms with Gasteiger partial charge >= 0.3 is 0 Å². The Morgan fingerprint density at radius 3 is 2.68 bits per heavy atom. The molecule has 1 aromatic carbocycles. The van der Waals surface area contributed by atoms with Crippen molar-refractivity contribution in [1.29, 1.82) is 0 Å². The number of aliphatic hydroxyl groups is 1. The van der Waals surface area contributed by atoms with Gasteiger partial charge < -0.3 is 21.1 Å². The minimum atomic E-state index is -1.11. The third-order valence-electron chi connectivity index (χ3n) is 5.78. The molecular formula is C22H28BN9O2. The smallest absolute Gasteiger partial charge is 0.207 e. The fourth-order valence-electron chi connectivity index (χ4n) is 4.05. The summed E-state index contributed by atoms with van der Waals surface area (Å²) in [5, 5.41) is 31.9. The Morgan fingerprint density at radius 2 is 2.00 bits per heavy atom. The van der Waals surface area contributed by atoms with Gasteiger partial charge in [0.05, 0.1) is 11.9 Å². The molecule has 1 aliphatic rings. The van der Waals surface area contributed by atoms with Gasteiger partial charge in [-0.25, -0.2) is 4.98 Å². The maximum absolute atomic E-state index is 9.85. The lowest BCUT2D eigenvalue weighted by Gasteiger charge is -2.12. The number of carbonyl (C=O) groups is 1. The maximum Gasteiger partial charge on any atom is 0.207 e. The molecule has 1 fully saturated rings. The highest BCUT2D eigenvalue weighted by Crippen LogP contribution is 2.29. The Morgan fingerprint density at radius 1 is 1.24 bits per heavy atom. The number of hydrogen-bond donors (Lipinski definition) is 4. The summed E-state index contributed by atoms with van der Waals surface area (Å²) in [6.07, 6.45) is 7.49. The Bertz CT molecular complexity index is 1290. The highest BCUT2D eigenvalue weighted by atomic mass is 16.3. The maximum atomic E-state index is 9.85. The molecule has 2 radical (unpaired) electrons. The highest BCUT2D eigenvalue weighted by molar-refractivity contribution is 6.11. The summed E-state index contributed by atoms with van der Waals surface area (Å²) in [5.41, 5.74) is 4.19. The highest BCUT2D eigenvalue weighted by Gasteiger charge is 2.15. The fraction of sp³-hybridized carbons (Fsp3) is 0.409. The third-order valence-corrected chi connectivity index (χ3v) is 5.78. The molecule has 0 aliphatic heterocycles. The number of rotatable bonds is 6. The average molecular weight is 461 g/mol. The molecule has 11 nitrogen and oxygen atoms in total. The van der Waals surface area contributed by atoms with E-state index >= 15 is 0 Å². The van der Waals surface area contributed by atoms with Crippen LogP contribution in [0.15, 0.2) is 24.4 Å². The largest absolute Gasteiger partial charge is 0.398 e. The van der Waals surface area contributed by atoms with E-state index in [1.807, 2.05) is 20.0 Å². The lowest BCUT2D eigenvalue weighted by Crippen LogP contribution is -2.23. The molecule has 176 valence electrons. The van der Waals surface area contributed by atoms with Crippen LogP contribution in [-0.2, 0) is 11.8 Å². The molecule has 4 aromatic rings. The number of hydrogen-bond acceptors (Lipinski definition) is 8. The van der Waals surface area contributed by atoms with Gasteiger partial charge in [-0.1, -0.05) is 12.8 Å². The van der Waals surface area contributed by atoms with Crippen LogP contribution < -0.4 is 16.0 Å². The Balaban J connectivity index is 0.000000291. The van der Waals surface area contributed by atoms with Crippen molar-refractivity contribution in [3.63, 3.8) is 0 Å². The monoisotopic (exact) mass is 461 g/mol. The molecule has 4 N–H and O–H groups in total. The van der Waals surface area contributed by atoms with E-state index in [-0.39, 0.29) is 0 Å². The zero-order valence-electron chi connectivity index (χ0n) is 19.5. The molecule has 12 heteroatoms. The number of aliphatic hydroxyl groups excluding tert-OH is 1. The predicted octanol–water partition coefficient (Wildman–Crippen LogP) is 1.94. The molecule has 34 heavy (non-hydrogen) atoms. The van der Waals surface area contributed by atoms with Crippen LogP contribution in [0.1, 0.15) is 42.8 Å². The third kappa shape index (κ3) is 4.96. The van der Waals surface area contributed by atoms with Gasteiger partial charge in [-0.3, -0.25) is 4.79 Å². The van der Waals surface area contributed by atoms with E-state index in [1.54, 1.807) is 29.9 Å². The van der Waals surface area contributed by atoms with E-state index in [0.29, 0.717) is 34.1 Å². The van der Waals surface area contributed by atoms with Gasteiger partial charge in [0.25, 0.3) is 0 Å². The second-order valence-corrected chi connectivity index (χ2v) is 8.30. The summed E-state index contributed by atoms with van der Waals surface area (Å²) in [7, 11) is 9.19. The lowest BCUT2D eigenvalue weighted by atomic mass is 9.92. The molecule has 3 aromatic heterocycles. The number of anilines is 3. The van der Waals surface area contributed by atoms with Crippen molar-refractivity contribution in [3.8, 4) is 0 Å². The second kappa shape index (κ2) is 10.1. The zero-order chi connectivity index (χ0) is 24.2. The number of benzene rings is 1. The normalized spacial score (nSPS) is 14.6. The summed E-state index contributed by atoms with van der Waals surface area (Å²) < 4.78 is 1.73. The number of aryl methyl sites for hydroxylation is 2. The summed E-state index contributed by atoms with van der Waals surface area (Å²) in [5.74, 6) is 1.40. The van der Waals surface area contributed by atoms with E-state index in [9.17, 15) is 9.90 Å². The predicted molar refractivity (Wildman–Crippen MR) is 131 cm³/mol. The van der Waals surface area contributed by atoms with Crippen molar-refractivity contribution in [1.82, 2.24) is 34.9 Å². The van der Waals surface area contributed by atoms with Gasteiger partial charge in [-0.05, 0) is 37.5 Å². The number of carbonyl (C=O) groups excluding carboxylic acids is 1. The van der Waals surface area contributed by atoms with Gasteiger partial charge in [-0.15, -0.1) is 0 Å². The molecule has 1 amide bonds. The SMILES string of the molecule is O=CNC1CCCC1.[B]C(O)c1cc(Nc2cc(NC)n3ncc(C)c3n2)c2nn(C)nc2c1. The molecule has 0 spiro atoms. The minimum absolute atomic E-state index is 0.493. The van der Waals surface area contributed by atoms with E-state index in [4.69, 9.17) is 7.85 Å². The molecule has 0 saturated heterocycles. The molecule has 1 aliphatic carbocycles. The van der Waals surface area contributed by atoms with Gasteiger partial charge in [-0.2, -0.15) is 24.6 Å². The fourth-order valence-corrected chi connectivity index (χ4v) is 4.05. The van der Waals surface area contributed by atoms with Crippen LogP contribution >= 0.6 is 0 Å². The zero-order valence-corrected chi connectivity index (χ0v) is 19.5. The summed E-state index contributed by atoms with van der Waals surface area (Å²) in [6.45, 7) is 1.95. The van der Waals surface area contributed by atoms with E-state index in [2.05, 4.69) is 36.2 Å². The molecule has 3 heterocycles. The first kappa shape index (κ1) is 23.5. The van der Waals surface area contributed by atoms with E-state index < -0.39 is 6.00 Å². The molecule has 5 rings (SSSR count). The number of nitrogens with zero attached hydrogens (tertiary/aromatic N) is 6. The van der Waals surface area contributed by atoms with Crippen LogP contribution in [0.25, 0.3) is 16.7 Å². The second-order valence-electron chi connectivity index (χ2n) is 8.30. The minimum Gasteiger partial charge on any atom is -0.398 e. The summed E-state index contributed by atoms with van der Waals surface area (Å²) in [6, 6.07) is 4.69. The molecule has 1 saturated carbocycles. The van der Waals surface area contributed by atoms with Crippen molar-refractivity contribution in [2.45, 2.75) is 44.7 Å². The van der Waals surface area contributed by atoms with Crippen molar-refractivity contribution in [2.75, 3.05) is 17.7 Å². The topological polar surface area (TPSA) is 134 Å². The number of nitrogens with one attached hydrogen (secondary N) is 3. The van der Waals surface area contributed by atoms with Crippen LogP contribution in [0.5, 0.6) is 0 Å². The number of amides is 1. The standard InChI is InChI=1S/C16H17BN8O.C6H11NO/c1-8-7-19-25-13(18-2)6-12(21-16(8)25)20-10-4-9(15(17)26)5-11-14(10)23-24(3)22-11;8-5-7-6-3-1-2-4-6/h4-7,15,18,26H,1-3H3,(H,20,21);5-6H,1-4H2,(H,7,8). The van der Waals surface area contributed by atoms with Crippen LogP contribution in [0.4, 0.5) is 17.3 Å². The van der Waals surface area contributed by atoms with Crippen molar-refractivity contribution in [3.05, 3.63) is 35.5 Å². The molecular weight excluding hydrogens is 433 g/mol. The lowest BCUT2D eigenvalue weighted by molar-refractivity contribution is -0.110. The first-order valence-electron chi connectivity index (χ1n) is 11.2. The summed E-state index contributed by atoms with van der Waals surface area (Å²) in [4.78, 5) is 15.9. The van der Waals surface area contributed by atoms with Crippen LogP contribution in [0, 0.1) is 6.92 Å². The summed E-state index contributed by atoms with van der Waals surface area (Å²) >= 11 is 0. The Hall–Kier alpha value is -3.67. The van der Waals surface area contributed by atoms with E-state index in [0.717, 1.165) is 23.4 Å². The quantitative estimate of drug-likeness (QED) is 0.253. The van der Waals surface area contributed by atoms with Crippen LogP contribution in [0.3, 0.4) is 0 Å². The number of fused-ring (bicyclic) bond motifs is 2.